The number of nitroso groups, excluding NO2 is 2. The van der Waals surface area contributed by atoms with Gasteiger partial charge in [0.05, 0.1) is 37.3 Å². The lowest BCUT2D eigenvalue weighted by Crippen LogP contribution is -2.23. The van der Waals surface area contributed by atoms with E-state index in [1.807, 2.05) is 61.5 Å². The molecule has 2 aromatic heterocycles. The van der Waals surface area contributed by atoms with Gasteiger partial charge < -0.3 is 48.9 Å². The predicted molar refractivity (Wildman–Crippen MR) is 250 cm³/mol. The van der Waals surface area contributed by atoms with Gasteiger partial charge in [-0.3, -0.25) is 9.59 Å². The van der Waals surface area contributed by atoms with Gasteiger partial charge in [0, 0.05) is 57.2 Å². The first-order chi connectivity index (χ1) is 33.5. The lowest BCUT2D eigenvalue weighted by atomic mass is 10.1. The molecule has 0 aliphatic carbocycles. The molecule has 0 unspecified atom stereocenters. The first-order valence-corrected chi connectivity index (χ1v) is 21.6. The number of fused-ring (bicyclic) bond motifs is 4. The average molecular weight is 937 g/mol. The number of aromatic hydroxyl groups is 2. The molecule has 2 aliphatic rings. The number of hydrogen-bond donors (Lipinski definition) is 4. The third-order valence-corrected chi connectivity index (χ3v) is 11.9. The third-order valence-electron chi connectivity index (χ3n) is 11.9. The number of carbonyl (C=O) groups excluding carboxylic acids is 2. The fourth-order valence-corrected chi connectivity index (χ4v) is 8.47. The predicted octanol–water partition coefficient (Wildman–Crippen LogP) is 9.77. The van der Waals surface area contributed by atoms with Crippen LogP contribution in [0.3, 0.4) is 0 Å². The molecule has 0 atom stereocenters. The Morgan fingerprint density at radius 1 is 0.609 bits per heavy atom. The SMILES string of the molecule is Cc1ccccc1CNC(=O)c1ccc2c(N=O)c(O)n(Cc3cc(F)cc4c3OCOC4)c2c1.O=Nc1c(O)n(Cc2cc(F)cc3c2OCOC3)c2cc(C(=O)NCc3ccccc3)ccc12. The van der Waals surface area contributed by atoms with Crippen LogP contribution in [0.5, 0.6) is 23.3 Å². The maximum atomic E-state index is 14.3. The normalized spacial score (nSPS) is 12.7. The molecule has 4 N–H and O–H groups in total. The number of aryl methyl sites for hydroxylation is 1. The summed E-state index contributed by atoms with van der Waals surface area (Å²) >= 11 is 0. The van der Waals surface area contributed by atoms with Crippen molar-refractivity contribution in [1.29, 1.82) is 0 Å². The number of ether oxygens (including phenoxy) is 4. The zero-order valence-corrected chi connectivity index (χ0v) is 36.8. The Kier molecular flexibility index (Phi) is 13.1. The number of halogens is 2. The van der Waals surface area contributed by atoms with Crippen molar-refractivity contribution in [3.63, 3.8) is 0 Å². The monoisotopic (exact) mass is 936 g/mol. The van der Waals surface area contributed by atoms with Crippen molar-refractivity contribution >= 4 is 45.0 Å². The van der Waals surface area contributed by atoms with Gasteiger partial charge in [0.2, 0.25) is 11.8 Å². The van der Waals surface area contributed by atoms with Gasteiger partial charge in [-0.25, -0.2) is 8.78 Å². The molecule has 0 fully saturated rings. The molecule has 18 heteroatoms. The molecule has 0 bridgehead atoms. The number of carbonyl (C=O) groups is 2. The highest BCUT2D eigenvalue weighted by Crippen LogP contribution is 2.42. The van der Waals surface area contributed by atoms with E-state index in [2.05, 4.69) is 21.0 Å². The molecule has 2 aliphatic heterocycles. The molecule has 8 aromatic rings. The van der Waals surface area contributed by atoms with Crippen molar-refractivity contribution in [2.45, 2.75) is 46.3 Å². The molecule has 16 nitrogen and oxygen atoms in total. The molecule has 0 radical (unpaired) electrons. The van der Waals surface area contributed by atoms with Gasteiger partial charge >= 0.3 is 0 Å². The van der Waals surface area contributed by atoms with Crippen molar-refractivity contribution < 1.29 is 47.5 Å². The van der Waals surface area contributed by atoms with Crippen LogP contribution in [0.2, 0.25) is 0 Å². The number of rotatable bonds is 12. The highest BCUT2D eigenvalue weighted by Gasteiger charge is 2.25. The van der Waals surface area contributed by atoms with Gasteiger partial charge in [-0.2, -0.15) is 0 Å². The van der Waals surface area contributed by atoms with Gasteiger partial charge in [-0.15, -0.1) is 9.81 Å². The van der Waals surface area contributed by atoms with Crippen molar-refractivity contribution in [2.75, 3.05) is 13.6 Å². The molecule has 6 aromatic carbocycles. The highest BCUT2D eigenvalue weighted by atomic mass is 19.1. The van der Waals surface area contributed by atoms with Crippen LogP contribution in [-0.4, -0.2) is 44.7 Å². The molecule has 10 rings (SSSR count). The Labute approximate surface area is 391 Å². The average Bonchev–Trinajstić information content (AvgIpc) is 3.79. The minimum Gasteiger partial charge on any atom is -0.493 e. The maximum Gasteiger partial charge on any atom is 0.251 e. The number of hydrogen-bond acceptors (Lipinski definition) is 12. The summed E-state index contributed by atoms with van der Waals surface area (Å²) in [6.45, 7) is 3.10. The Balaban J connectivity index is 0.000000172. The second-order valence-corrected chi connectivity index (χ2v) is 16.3. The molecule has 0 spiro atoms. The van der Waals surface area contributed by atoms with Gasteiger partial charge in [0.1, 0.15) is 23.1 Å². The molecule has 4 heterocycles. The van der Waals surface area contributed by atoms with Crippen LogP contribution in [0.15, 0.2) is 126 Å². The third kappa shape index (κ3) is 9.43. The summed E-state index contributed by atoms with van der Waals surface area (Å²) in [6, 6.07) is 31.9. The highest BCUT2D eigenvalue weighted by molar-refractivity contribution is 6.03. The number of nitrogens with zero attached hydrogens (tertiary/aromatic N) is 4. The molecule has 0 saturated heterocycles. The van der Waals surface area contributed by atoms with Crippen LogP contribution in [0, 0.1) is 28.4 Å². The van der Waals surface area contributed by atoms with Crippen LogP contribution in [0.1, 0.15) is 59.7 Å². The Morgan fingerprint density at radius 3 is 1.58 bits per heavy atom. The second kappa shape index (κ2) is 19.8. The Morgan fingerprint density at radius 2 is 1.09 bits per heavy atom. The zero-order valence-electron chi connectivity index (χ0n) is 36.8. The standard InChI is InChI=1S/C26H22FN3O5.C25H20FN3O5/c1-15-4-2-3-5-17(15)11-28-25(31)16-6-7-21-22(10-16)30(26(32)23(21)29-33)12-18-8-20(27)9-19-13-34-14-35-24(18)19;26-19-8-17(23-18(9-19)13-33-14-34-23)12-29-21-10-16(6-7-20(21)22(28-32)25(29)31)24(30)27-11-15-4-2-1-3-5-15/h2-10,32H,11-14H2,1H3,(H,28,31);1-10,31H,11-14H2,(H,27,30). The quantitative estimate of drug-likeness (QED) is 0.0854. The van der Waals surface area contributed by atoms with Gasteiger partial charge in [0.25, 0.3) is 11.8 Å². The van der Waals surface area contributed by atoms with Crippen LogP contribution in [-0.2, 0) is 48.9 Å². The van der Waals surface area contributed by atoms with E-state index in [0.717, 1.165) is 16.7 Å². The number of benzene rings is 6. The fourth-order valence-electron chi connectivity index (χ4n) is 8.47. The van der Waals surface area contributed by atoms with E-state index in [9.17, 15) is 38.4 Å². The summed E-state index contributed by atoms with van der Waals surface area (Å²) in [5, 5.41) is 34.0. The molecule has 0 saturated carbocycles. The van der Waals surface area contributed by atoms with Crippen molar-refractivity contribution in [1.82, 2.24) is 19.8 Å². The first-order valence-electron chi connectivity index (χ1n) is 21.6. The largest absolute Gasteiger partial charge is 0.493 e. The smallest absolute Gasteiger partial charge is 0.251 e. The van der Waals surface area contributed by atoms with E-state index in [4.69, 9.17) is 18.9 Å². The fraction of sp³-hybridized carbons (Fsp3) is 0.176. The lowest BCUT2D eigenvalue weighted by Gasteiger charge is -2.21. The van der Waals surface area contributed by atoms with E-state index in [-0.39, 0.29) is 74.8 Å². The van der Waals surface area contributed by atoms with E-state index in [0.29, 0.717) is 79.8 Å². The van der Waals surface area contributed by atoms with Crippen LogP contribution >= 0.6 is 0 Å². The summed E-state index contributed by atoms with van der Waals surface area (Å²) in [7, 11) is 0. The lowest BCUT2D eigenvalue weighted by molar-refractivity contribution is -0.0174. The topological polar surface area (TPSA) is 204 Å². The van der Waals surface area contributed by atoms with E-state index < -0.39 is 11.6 Å². The van der Waals surface area contributed by atoms with E-state index in [1.165, 1.54) is 33.4 Å². The summed E-state index contributed by atoms with van der Waals surface area (Å²) in [5.74, 6) is -1.41. The molecular weight excluding hydrogens is 895 g/mol. The van der Waals surface area contributed by atoms with Crippen LogP contribution in [0.4, 0.5) is 20.2 Å². The van der Waals surface area contributed by atoms with E-state index >= 15 is 0 Å². The Bertz CT molecular complexity index is 3300. The summed E-state index contributed by atoms with van der Waals surface area (Å²) in [5.41, 5.74) is 6.22. The molecule has 350 valence electrons. The summed E-state index contributed by atoms with van der Waals surface area (Å²) in [6.07, 6.45) is 0. The number of aromatic nitrogens is 2. The summed E-state index contributed by atoms with van der Waals surface area (Å²) < 4.78 is 52.9. The second-order valence-electron chi connectivity index (χ2n) is 16.3. The van der Waals surface area contributed by atoms with Crippen LogP contribution < -0.4 is 20.1 Å². The van der Waals surface area contributed by atoms with Gasteiger partial charge in [-0.05, 0) is 94.6 Å². The van der Waals surface area contributed by atoms with Crippen molar-refractivity contribution in [3.8, 4) is 23.3 Å². The van der Waals surface area contributed by atoms with Crippen molar-refractivity contribution in [2.24, 2.45) is 10.4 Å². The summed E-state index contributed by atoms with van der Waals surface area (Å²) in [4.78, 5) is 48.6. The van der Waals surface area contributed by atoms with Gasteiger partial charge in [-0.1, -0.05) is 54.6 Å². The van der Waals surface area contributed by atoms with Crippen molar-refractivity contribution in [3.05, 3.63) is 187 Å². The molecule has 2 amide bonds. The van der Waals surface area contributed by atoms with Gasteiger partial charge in [0.15, 0.2) is 25.0 Å². The molecular formula is C51H42F2N6O10. The van der Waals surface area contributed by atoms with Crippen LogP contribution in [0.25, 0.3) is 21.8 Å². The minimum absolute atomic E-state index is 0.00691. The minimum atomic E-state index is -0.478. The number of nitrogens with one attached hydrogen (secondary N) is 2. The maximum absolute atomic E-state index is 14.3. The zero-order chi connectivity index (χ0) is 48.2. The van der Waals surface area contributed by atoms with E-state index in [1.54, 1.807) is 36.4 Å². The first kappa shape index (κ1) is 45.7. The molecule has 69 heavy (non-hydrogen) atoms. The Hall–Kier alpha value is -8.48. The number of amides is 2.